The number of hydrogen-bond donors (Lipinski definition) is 1. The van der Waals surface area contributed by atoms with Crippen molar-refractivity contribution in [2.24, 2.45) is 5.92 Å². The van der Waals surface area contributed by atoms with Crippen LogP contribution in [0, 0.1) is 5.92 Å². The van der Waals surface area contributed by atoms with Crippen LogP contribution in [0.2, 0.25) is 0 Å². The molecule has 0 spiro atoms. The zero-order valence-electron chi connectivity index (χ0n) is 9.35. The number of carboxylic acid groups (broad SMARTS) is 1. The molecule has 15 heavy (non-hydrogen) atoms. The third kappa shape index (κ3) is 2.32. The number of piperazine rings is 1. The maximum absolute atomic E-state index is 11.3. The molecule has 0 bridgehead atoms. The molecular weight excluding hydrogens is 192 g/mol. The van der Waals surface area contributed by atoms with Crippen molar-refractivity contribution in [3.63, 3.8) is 0 Å². The molecule has 0 aromatic carbocycles. The largest absolute Gasteiger partial charge is 0.480 e. The van der Waals surface area contributed by atoms with Crippen LogP contribution in [0.15, 0.2) is 0 Å². The fraction of sp³-hybridized carbons (Fsp3) is 0.909. The van der Waals surface area contributed by atoms with Gasteiger partial charge in [-0.15, -0.1) is 0 Å². The Morgan fingerprint density at radius 3 is 2.27 bits per heavy atom. The normalized spacial score (nSPS) is 27.3. The monoisotopic (exact) mass is 212 g/mol. The van der Waals surface area contributed by atoms with Crippen LogP contribution < -0.4 is 0 Å². The average molecular weight is 212 g/mol. The Bertz CT molecular complexity index is 233. The van der Waals surface area contributed by atoms with Gasteiger partial charge in [-0.05, 0) is 25.8 Å². The van der Waals surface area contributed by atoms with Gasteiger partial charge >= 0.3 is 5.97 Å². The molecule has 1 N–H and O–H groups in total. The summed E-state index contributed by atoms with van der Waals surface area (Å²) in [6.45, 7) is 3.81. The minimum atomic E-state index is -0.621. The Labute approximate surface area is 90.9 Å². The van der Waals surface area contributed by atoms with E-state index in [-0.39, 0.29) is 6.04 Å². The first-order chi connectivity index (χ1) is 7.18. The van der Waals surface area contributed by atoms with E-state index >= 15 is 0 Å². The Morgan fingerprint density at radius 2 is 1.87 bits per heavy atom. The summed E-state index contributed by atoms with van der Waals surface area (Å²) >= 11 is 0. The van der Waals surface area contributed by atoms with E-state index in [9.17, 15) is 9.90 Å². The summed E-state index contributed by atoms with van der Waals surface area (Å²) in [6.07, 6.45) is 3.41. The molecule has 86 valence electrons. The van der Waals surface area contributed by atoms with Gasteiger partial charge in [0.2, 0.25) is 0 Å². The minimum absolute atomic E-state index is 0.215. The Morgan fingerprint density at radius 1 is 1.27 bits per heavy atom. The second-order valence-electron chi connectivity index (χ2n) is 4.81. The van der Waals surface area contributed by atoms with Gasteiger partial charge in [0.15, 0.2) is 0 Å². The fourth-order valence-electron chi connectivity index (χ4n) is 2.51. The van der Waals surface area contributed by atoms with E-state index in [0.717, 1.165) is 39.0 Å². The highest BCUT2D eigenvalue weighted by molar-refractivity contribution is 5.74. The molecular formula is C11H20N2O2. The van der Waals surface area contributed by atoms with Gasteiger partial charge in [0.05, 0.1) is 0 Å². The summed E-state index contributed by atoms with van der Waals surface area (Å²) in [4.78, 5) is 15.7. The zero-order valence-corrected chi connectivity index (χ0v) is 9.35. The highest BCUT2D eigenvalue weighted by Gasteiger charge is 2.37. The number of hydrogen-bond acceptors (Lipinski definition) is 3. The van der Waals surface area contributed by atoms with Crippen molar-refractivity contribution in [1.29, 1.82) is 0 Å². The van der Waals surface area contributed by atoms with E-state index < -0.39 is 5.97 Å². The summed E-state index contributed by atoms with van der Waals surface area (Å²) < 4.78 is 0. The molecule has 1 saturated carbocycles. The van der Waals surface area contributed by atoms with Gasteiger partial charge in [-0.3, -0.25) is 9.69 Å². The second-order valence-corrected chi connectivity index (χ2v) is 4.81. The molecule has 0 aromatic heterocycles. The quantitative estimate of drug-likeness (QED) is 0.739. The Kier molecular flexibility index (Phi) is 3.26. The molecule has 2 aliphatic rings. The summed E-state index contributed by atoms with van der Waals surface area (Å²) in [5.74, 6) is -0.213. The topological polar surface area (TPSA) is 43.8 Å². The SMILES string of the molecule is CN1CCN(C(C(=O)O)C2CCC2)CC1. The van der Waals surface area contributed by atoms with Crippen LogP contribution in [0.5, 0.6) is 0 Å². The van der Waals surface area contributed by atoms with Gasteiger partial charge in [-0.25, -0.2) is 0 Å². The van der Waals surface area contributed by atoms with E-state index in [1.165, 1.54) is 6.42 Å². The van der Waals surface area contributed by atoms with Gasteiger partial charge in [0.1, 0.15) is 6.04 Å². The van der Waals surface area contributed by atoms with Gasteiger partial charge in [0.25, 0.3) is 0 Å². The van der Waals surface area contributed by atoms with Crippen LogP contribution in [-0.4, -0.2) is 60.1 Å². The van der Waals surface area contributed by atoms with E-state index in [1.54, 1.807) is 0 Å². The van der Waals surface area contributed by atoms with Crippen LogP contribution in [-0.2, 0) is 4.79 Å². The number of carbonyl (C=O) groups is 1. The zero-order chi connectivity index (χ0) is 10.8. The lowest BCUT2D eigenvalue weighted by Gasteiger charge is -2.42. The van der Waals surface area contributed by atoms with Crippen LogP contribution in [0.3, 0.4) is 0 Å². The molecule has 1 heterocycles. The van der Waals surface area contributed by atoms with Gasteiger partial charge in [0, 0.05) is 26.2 Å². The predicted octanol–water partition coefficient (Wildman–Crippen LogP) is 0.487. The molecule has 0 amide bonds. The van der Waals surface area contributed by atoms with Crippen molar-refractivity contribution in [2.45, 2.75) is 25.3 Å². The van der Waals surface area contributed by atoms with E-state index in [0.29, 0.717) is 5.92 Å². The third-order valence-corrected chi connectivity index (χ3v) is 3.78. The van der Waals surface area contributed by atoms with Crippen molar-refractivity contribution in [3.8, 4) is 0 Å². The molecule has 1 saturated heterocycles. The summed E-state index contributed by atoms with van der Waals surface area (Å²) in [6, 6.07) is -0.215. The van der Waals surface area contributed by atoms with Gasteiger partial charge in [-0.2, -0.15) is 0 Å². The number of aliphatic carboxylic acids is 1. The van der Waals surface area contributed by atoms with Crippen molar-refractivity contribution in [1.82, 2.24) is 9.80 Å². The molecule has 4 nitrogen and oxygen atoms in total. The summed E-state index contributed by atoms with van der Waals surface area (Å²) in [5.41, 5.74) is 0. The maximum atomic E-state index is 11.3. The van der Waals surface area contributed by atoms with Crippen molar-refractivity contribution in [2.75, 3.05) is 33.2 Å². The van der Waals surface area contributed by atoms with Crippen LogP contribution >= 0.6 is 0 Å². The number of carboxylic acids is 1. The average Bonchev–Trinajstić information content (AvgIpc) is 2.12. The van der Waals surface area contributed by atoms with Crippen LogP contribution in [0.4, 0.5) is 0 Å². The van der Waals surface area contributed by atoms with Crippen LogP contribution in [0.25, 0.3) is 0 Å². The molecule has 0 aromatic rings. The standard InChI is InChI=1S/C11H20N2O2/c1-12-5-7-13(8-6-12)10(11(14)15)9-3-2-4-9/h9-10H,2-8H2,1H3,(H,14,15). The third-order valence-electron chi connectivity index (χ3n) is 3.78. The summed E-state index contributed by atoms with van der Waals surface area (Å²) in [5, 5.41) is 9.27. The number of likely N-dealkylation sites (N-methyl/N-ethyl adjacent to an activating group) is 1. The molecule has 2 rings (SSSR count). The van der Waals surface area contributed by atoms with Crippen LogP contribution in [0.1, 0.15) is 19.3 Å². The molecule has 1 aliphatic heterocycles. The molecule has 2 fully saturated rings. The van der Waals surface area contributed by atoms with Crippen molar-refractivity contribution in [3.05, 3.63) is 0 Å². The minimum Gasteiger partial charge on any atom is -0.480 e. The first-order valence-electron chi connectivity index (χ1n) is 5.84. The predicted molar refractivity (Wildman–Crippen MR) is 57.8 cm³/mol. The highest BCUT2D eigenvalue weighted by atomic mass is 16.4. The van der Waals surface area contributed by atoms with E-state index in [2.05, 4.69) is 16.8 Å². The summed E-state index contributed by atoms with van der Waals surface area (Å²) in [7, 11) is 2.09. The highest BCUT2D eigenvalue weighted by Crippen LogP contribution is 2.32. The first-order valence-corrected chi connectivity index (χ1v) is 5.84. The molecule has 0 radical (unpaired) electrons. The van der Waals surface area contributed by atoms with Crippen molar-refractivity contribution < 1.29 is 9.90 Å². The molecule has 1 atom stereocenters. The van der Waals surface area contributed by atoms with E-state index in [1.807, 2.05) is 0 Å². The Hall–Kier alpha value is -0.610. The van der Waals surface area contributed by atoms with Crippen molar-refractivity contribution >= 4 is 5.97 Å². The van der Waals surface area contributed by atoms with Gasteiger partial charge < -0.3 is 10.0 Å². The Balaban J connectivity index is 1.95. The lowest BCUT2D eigenvalue weighted by atomic mass is 9.79. The number of rotatable bonds is 3. The first kappa shape index (κ1) is 10.9. The smallest absolute Gasteiger partial charge is 0.321 e. The molecule has 1 unspecified atom stereocenters. The second kappa shape index (κ2) is 4.49. The lowest BCUT2D eigenvalue weighted by molar-refractivity contribution is -0.148. The van der Waals surface area contributed by atoms with Gasteiger partial charge in [-0.1, -0.05) is 6.42 Å². The number of nitrogens with zero attached hydrogens (tertiary/aromatic N) is 2. The fourth-order valence-corrected chi connectivity index (χ4v) is 2.51. The maximum Gasteiger partial charge on any atom is 0.321 e. The lowest BCUT2D eigenvalue weighted by Crippen LogP contribution is -2.55. The molecule has 1 aliphatic carbocycles. The molecule has 4 heteroatoms. The van der Waals surface area contributed by atoms with E-state index in [4.69, 9.17) is 0 Å².